The Morgan fingerprint density at radius 3 is 3.12 bits per heavy atom. The maximum absolute atomic E-state index is 5.88. The molecule has 5 heteroatoms. The van der Waals surface area contributed by atoms with Crippen molar-refractivity contribution in [3.05, 3.63) is 23.2 Å². The molecule has 1 fully saturated rings. The molecule has 84 valence electrons. The quantitative estimate of drug-likeness (QED) is 0.819. The second-order valence-electron chi connectivity index (χ2n) is 4.02. The van der Waals surface area contributed by atoms with Crippen LogP contribution in [-0.2, 0) is 11.3 Å². The molecule has 0 bridgehead atoms. The topological polar surface area (TPSA) is 39.9 Å². The molecule has 1 aromatic heterocycles. The largest absolute Gasteiger partial charge is 0.376 e. The van der Waals surface area contributed by atoms with Gasteiger partial charge in [0.05, 0.1) is 24.8 Å². The summed E-state index contributed by atoms with van der Waals surface area (Å²) in [5, 5.41) is 8.84. The first-order valence-corrected chi connectivity index (χ1v) is 5.81. The number of hydrogen-bond acceptors (Lipinski definition) is 3. The molecule has 0 amide bonds. The van der Waals surface area contributed by atoms with Crippen LogP contribution in [-0.4, -0.2) is 27.7 Å². The van der Waals surface area contributed by atoms with Crippen LogP contribution in [0.1, 0.15) is 12.8 Å². The van der Waals surface area contributed by atoms with Gasteiger partial charge in [-0.1, -0.05) is 16.8 Å². The lowest BCUT2D eigenvalue weighted by atomic mass is 10.3. The lowest BCUT2D eigenvalue weighted by Crippen LogP contribution is -2.08. The van der Waals surface area contributed by atoms with Gasteiger partial charge >= 0.3 is 0 Å². The average Bonchev–Trinajstić information content (AvgIpc) is 3.00. The van der Waals surface area contributed by atoms with Crippen molar-refractivity contribution < 1.29 is 4.74 Å². The maximum Gasteiger partial charge on any atom is 0.114 e. The van der Waals surface area contributed by atoms with Gasteiger partial charge < -0.3 is 4.74 Å². The van der Waals surface area contributed by atoms with E-state index in [1.165, 1.54) is 12.8 Å². The van der Waals surface area contributed by atoms with Crippen molar-refractivity contribution in [2.75, 3.05) is 6.61 Å². The van der Waals surface area contributed by atoms with Gasteiger partial charge in [0.2, 0.25) is 0 Å². The van der Waals surface area contributed by atoms with E-state index in [2.05, 4.69) is 10.3 Å². The van der Waals surface area contributed by atoms with Gasteiger partial charge in [-0.2, -0.15) is 0 Å². The molecule has 0 spiro atoms. The van der Waals surface area contributed by atoms with Crippen molar-refractivity contribution in [2.24, 2.45) is 0 Å². The van der Waals surface area contributed by atoms with Gasteiger partial charge in [-0.25, -0.2) is 4.68 Å². The van der Waals surface area contributed by atoms with Gasteiger partial charge in [0, 0.05) is 5.02 Å². The summed E-state index contributed by atoms with van der Waals surface area (Å²) >= 11 is 5.88. The van der Waals surface area contributed by atoms with E-state index in [-0.39, 0.29) is 0 Å². The summed E-state index contributed by atoms with van der Waals surface area (Å²) in [7, 11) is 0. The first-order chi connectivity index (χ1) is 7.83. The molecule has 16 heavy (non-hydrogen) atoms. The monoisotopic (exact) mass is 237 g/mol. The van der Waals surface area contributed by atoms with Crippen molar-refractivity contribution in [3.63, 3.8) is 0 Å². The third kappa shape index (κ3) is 2.03. The summed E-state index contributed by atoms with van der Waals surface area (Å²) in [5.74, 6) is 0. The summed E-state index contributed by atoms with van der Waals surface area (Å²) < 4.78 is 7.44. The molecule has 0 atom stereocenters. The molecular formula is C11H12ClN3O. The Labute approximate surface area is 98.1 Å². The third-order valence-electron chi connectivity index (χ3n) is 2.66. The SMILES string of the molecule is Clc1ccc2c(c1)nnn2CCOC1CC1. The minimum Gasteiger partial charge on any atom is -0.376 e. The van der Waals surface area contributed by atoms with E-state index in [1.54, 1.807) is 0 Å². The Hall–Kier alpha value is -1.13. The maximum atomic E-state index is 5.88. The molecule has 0 N–H and O–H groups in total. The highest BCUT2D eigenvalue weighted by Gasteiger charge is 2.21. The molecule has 4 nitrogen and oxygen atoms in total. The number of aromatic nitrogens is 3. The molecule has 2 aromatic rings. The number of nitrogens with zero attached hydrogens (tertiary/aromatic N) is 3. The normalized spacial score (nSPS) is 15.8. The van der Waals surface area contributed by atoms with Crippen molar-refractivity contribution in [2.45, 2.75) is 25.5 Å². The van der Waals surface area contributed by atoms with Crippen LogP contribution in [0.15, 0.2) is 18.2 Å². The highest BCUT2D eigenvalue weighted by molar-refractivity contribution is 6.31. The fourth-order valence-corrected chi connectivity index (χ4v) is 1.82. The second-order valence-corrected chi connectivity index (χ2v) is 4.45. The Morgan fingerprint density at radius 2 is 2.31 bits per heavy atom. The summed E-state index contributed by atoms with van der Waals surface area (Å²) in [6.07, 6.45) is 2.89. The average molecular weight is 238 g/mol. The van der Waals surface area contributed by atoms with Crippen molar-refractivity contribution in [3.8, 4) is 0 Å². The highest BCUT2D eigenvalue weighted by Crippen LogP contribution is 2.23. The first-order valence-electron chi connectivity index (χ1n) is 5.43. The van der Waals surface area contributed by atoms with E-state index in [1.807, 2.05) is 22.9 Å². The molecule has 0 radical (unpaired) electrons. The molecule has 0 saturated heterocycles. The van der Waals surface area contributed by atoms with Gasteiger partial charge in [0.15, 0.2) is 0 Å². The van der Waals surface area contributed by atoms with Gasteiger partial charge in [-0.05, 0) is 31.0 Å². The first kappa shape index (κ1) is 10.1. The third-order valence-corrected chi connectivity index (χ3v) is 2.89. The Bertz CT molecular complexity index is 507. The number of ether oxygens (including phenoxy) is 1. The van der Waals surface area contributed by atoms with E-state index < -0.39 is 0 Å². The zero-order chi connectivity index (χ0) is 11.0. The van der Waals surface area contributed by atoms with Crippen LogP contribution < -0.4 is 0 Å². The van der Waals surface area contributed by atoms with Gasteiger partial charge in [-0.3, -0.25) is 0 Å². The van der Waals surface area contributed by atoms with Crippen LogP contribution >= 0.6 is 11.6 Å². The minimum atomic E-state index is 0.490. The zero-order valence-corrected chi connectivity index (χ0v) is 9.52. The minimum absolute atomic E-state index is 0.490. The molecule has 1 aromatic carbocycles. The number of rotatable bonds is 4. The van der Waals surface area contributed by atoms with Gasteiger partial charge in [-0.15, -0.1) is 5.10 Å². The summed E-state index contributed by atoms with van der Waals surface area (Å²) in [6, 6.07) is 5.61. The van der Waals surface area contributed by atoms with Crippen molar-refractivity contribution in [1.82, 2.24) is 15.0 Å². The standard InChI is InChI=1S/C11H12ClN3O/c12-8-1-4-11-10(7-8)13-14-15(11)5-6-16-9-2-3-9/h1,4,7,9H,2-3,5-6H2. The molecule has 1 heterocycles. The van der Waals surface area contributed by atoms with Crippen LogP contribution in [0.5, 0.6) is 0 Å². The number of fused-ring (bicyclic) bond motifs is 1. The predicted octanol–water partition coefficient (Wildman–Crippen LogP) is 2.26. The van der Waals surface area contributed by atoms with E-state index in [9.17, 15) is 0 Å². The number of benzene rings is 1. The van der Waals surface area contributed by atoms with Crippen LogP contribution in [0.2, 0.25) is 5.02 Å². The lowest BCUT2D eigenvalue weighted by molar-refractivity contribution is 0.110. The van der Waals surface area contributed by atoms with E-state index >= 15 is 0 Å². The van der Waals surface area contributed by atoms with E-state index in [0.717, 1.165) is 17.6 Å². The van der Waals surface area contributed by atoms with Crippen LogP contribution in [0.25, 0.3) is 11.0 Å². The molecule has 0 aliphatic heterocycles. The molecule has 1 aliphatic carbocycles. The zero-order valence-electron chi connectivity index (χ0n) is 8.77. The lowest BCUT2D eigenvalue weighted by Gasteiger charge is -2.02. The molecular weight excluding hydrogens is 226 g/mol. The molecule has 0 unspecified atom stereocenters. The van der Waals surface area contributed by atoms with Crippen molar-refractivity contribution >= 4 is 22.6 Å². The van der Waals surface area contributed by atoms with Crippen LogP contribution in [0.4, 0.5) is 0 Å². The fourth-order valence-electron chi connectivity index (χ4n) is 1.65. The molecule has 3 rings (SSSR count). The smallest absolute Gasteiger partial charge is 0.114 e. The molecule has 1 aliphatic rings. The van der Waals surface area contributed by atoms with Crippen molar-refractivity contribution in [1.29, 1.82) is 0 Å². The predicted molar refractivity (Wildman–Crippen MR) is 61.5 cm³/mol. The van der Waals surface area contributed by atoms with E-state index in [4.69, 9.17) is 16.3 Å². The van der Waals surface area contributed by atoms with Gasteiger partial charge in [0.1, 0.15) is 5.52 Å². The Balaban J connectivity index is 1.75. The van der Waals surface area contributed by atoms with Gasteiger partial charge in [0.25, 0.3) is 0 Å². The highest BCUT2D eigenvalue weighted by atomic mass is 35.5. The summed E-state index contributed by atoms with van der Waals surface area (Å²) in [6.45, 7) is 1.44. The fraction of sp³-hybridized carbons (Fsp3) is 0.455. The number of hydrogen-bond donors (Lipinski definition) is 0. The number of halogens is 1. The van der Waals surface area contributed by atoms with Crippen LogP contribution in [0, 0.1) is 0 Å². The Morgan fingerprint density at radius 1 is 1.44 bits per heavy atom. The summed E-state index contributed by atoms with van der Waals surface area (Å²) in [4.78, 5) is 0. The van der Waals surface area contributed by atoms with E-state index in [0.29, 0.717) is 17.7 Å². The molecule has 1 saturated carbocycles. The summed E-state index contributed by atoms with van der Waals surface area (Å²) in [5.41, 5.74) is 1.84. The Kier molecular flexibility index (Phi) is 2.53. The second kappa shape index (κ2) is 4.03. The van der Waals surface area contributed by atoms with Crippen LogP contribution in [0.3, 0.4) is 0 Å².